The minimum Gasteiger partial charge on any atom is -0.465 e. The quantitative estimate of drug-likeness (QED) is 0.566. The third-order valence-corrected chi connectivity index (χ3v) is 6.37. The molecule has 0 amide bonds. The Kier molecular flexibility index (Phi) is 6.36. The second kappa shape index (κ2) is 7.91. The lowest BCUT2D eigenvalue weighted by molar-refractivity contribution is -0.101. The Balaban J connectivity index is 2.11. The van der Waals surface area contributed by atoms with Gasteiger partial charge < -0.3 is 9.47 Å². The van der Waals surface area contributed by atoms with Gasteiger partial charge in [0, 0.05) is 13.0 Å². The molecular formula is C22H36O2. The van der Waals surface area contributed by atoms with Crippen molar-refractivity contribution in [1.82, 2.24) is 0 Å². The van der Waals surface area contributed by atoms with Gasteiger partial charge in [0.1, 0.15) is 5.75 Å². The van der Waals surface area contributed by atoms with Crippen LogP contribution in [0.25, 0.3) is 0 Å². The number of rotatable bonds is 6. The standard InChI is InChI=1S/C22H36O2/c1-7-22(5,21(2,3)4)18-13-15-19(16-14-18)24-20(23-6)17-11-9-8-10-12-17/h13-17,20H,7-12H2,1-6H3. The van der Waals surface area contributed by atoms with Crippen LogP contribution in [-0.2, 0) is 10.2 Å². The van der Waals surface area contributed by atoms with E-state index in [-0.39, 0.29) is 17.1 Å². The van der Waals surface area contributed by atoms with Crippen LogP contribution in [0, 0.1) is 11.3 Å². The summed E-state index contributed by atoms with van der Waals surface area (Å²) in [7, 11) is 1.77. The zero-order valence-electron chi connectivity index (χ0n) is 16.5. The predicted molar refractivity (Wildman–Crippen MR) is 102 cm³/mol. The van der Waals surface area contributed by atoms with Crippen LogP contribution in [0.5, 0.6) is 5.75 Å². The van der Waals surface area contributed by atoms with Crippen molar-refractivity contribution in [3.8, 4) is 5.75 Å². The van der Waals surface area contributed by atoms with Gasteiger partial charge in [0.05, 0.1) is 0 Å². The average Bonchev–Trinajstić information content (AvgIpc) is 2.59. The molecule has 1 aliphatic carbocycles. The van der Waals surface area contributed by atoms with Gasteiger partial charge in [-0.05, 0) is 47.8 Å². The van der Waals surface area contributed by atoms with Crippen molar-refractivity contribution in [3.05, 3.63) is 29.8 Å². The molecule has 1 fully saturated rings. The van der Waals surface area contributed by atoms with E-state index in [2.05, 4.69) is 58.9 Å². The summed E-state index contributed by atoms with van der Waals surface area (Å²) < 4.78 is 11.8. The summed E-state index contributed by atoms with van der Waals surface area (Å²) in [6.07, 6.45) is 7.39. The summed E-state index contributed by atoms with van der Waals surface area (Å²) >= 11 is 0. The summed E-state index contributed by atoms with van der Waals surface area (Å²) in [6.45, 7) is 11.6. The van der Waals surface area contributed by atoms with Gasteiger partial charge in [-0.1, -0.05) is 66.0 Å². The predicted octanol–water partition coefficient (Wildman–Crippen LogP) is 6.33. The van der Waals surface area contributed by atoms with Crippen molar-refractivity contribution < 1.29 is 9.47 Å². The van der Waals surface area contributed by atoms with E-state index in [4.69, 9.17) is 9.47 Å². The van der Waals surface area contributed by atoms with Gasteiger partial charge in [0.25, 0.3) is 0 Å². The van der Waals surface area contributed by atoms with Crippen LogP contribution in [-0.4, -0.2) is 13.4 Å². The molecule has 0 spiro atoms. The lowest BCUT2D eigenvalue weighted by Crippen LogP contribution is -2.36. The van der Waals surface area contributed by atoms with Crippen LogP contribution in [0.1, 0.15) is 78.7 Å². The molecule has 0 aromatic heterocycles. The van der Waals surface area contributed by atoms with E-state index >= 15 is 0 Å². The number of ether oxygens (including phenoxy) is 2. The molecular weight excluding hydrogens is 296 g/mol. The maximum absolute atomic E-state index is 6.17. The zero-order valence-corrected chi connectivity index (χ0v) is 16.5. The molecule has 0 radical (unpaired) electrons. The topological polar surface area (TPSA) is 18.5 Å². The van der Waals surface area contributed by atoms with Crippen molar-refractivity contribution in [2.75, 3.05) is 7.11 Å². The molecule has 0 saturated heterocycles. The van der Waals surface area contributed by atoms with Gasteiger partial charge >= 0.3 is 0 Å². The maximum Gasteiger partial charge on any atom is 0.202 e. The van der Waals surface area contributed by atoms with Gasteiger partial charge in [0.15, 0.2) is 0 Å². The van der Waals surface area contributed by atoms with Gasteiger partial charge in [-0.15, -0.1) is 0 Å². The molecule has 0 N–H and O–H groups in total. The zero-order chi connectivity index (χ0) is 17.8. The third-order valence-electron chi connectivity index (χ3n) is 6.37. The first-order valence-corrected chi connectivity index (χ1v) is 9.62. The highest BCUT2D eigenvalue weighted by atomic mass is 16.7. The van der Waals surface area contributed by atoms with E-state index in [0.717, 1.165) is 12.2 Å². The molecule has 24 heavy (non-hydrogen) atoms. The van der Waals surface area contributed by atoms with Crippen molar-refractivity contribution >= 4 is 0 Å². The Morgan fingerprint density at radius 3 is 2.04 bits per heavy atom. The molecule has 1 aromatic carbocycles. The first-order valence-electron chi connectivity index (χ1n) is 9.62. The summed E-state index contributed by atoms with van der Waals surface area (Å²) in [5, 5.41) is 0. The minimum atomic E-state index is -0.115. The van der Waals surface area contributed by atoms with E-state index in [1.165, 1.54) is 37.7 Å². The molecule has 2 nitrogen and oxygen atoms in total. The largest absolute Gasteiger partial charge is 0.465 e. The lowest BCUT2D eigenvalue weighted by atomic mass is 9.62. The molecule has 0 heterocycles. The number of hydrogen-bond acceptors (Lipinski definition) is 2. The van der Waals surface area contributed by atoms with E-state index < -0.39 is 0 Å². The van der Waals surface area contributed by atoms with E-state index in [9.17, 15) is 0 Å². The number of benzene rings is 1. The molecule has 1 aromatic rings. The maximum atomic E-state index is 6.17. The van der Waals surface area contributed by atoms with Crippen molar-refractivity contribution in [2.24, 2.45) is 11.3 Å². The first-order chi connectivity index (χ1) is 11.3. The molecule has 2 rings (SSSR count). The van der Waals surface area contributed by atoms with E-state index in [0.29, 0.717) is 5.92 Å². The molecule has 2 heteroatoms. The fraction of sp³-hybridized carbons (Fsp3) is 0.727. The molecule has 2 atom stereocenters. The first kappa shape index (κ1) is 19.3. The Hall–Kier alpha value is -1.02. The van der Waals surface area contributed by atoms with Gasteiger partial charge in [-0.25, -0.2) is 0 Å². The fourth-order valence-corrected chi connectivity index (χ4v) is 3.95. The monoisotopic (exact) mass is 332 g/mol. The van der Waals surface area contributed by atoms with Crippen LogP contribution >= 0.6 is 0 Å². The normalized spacial score (nSPS) is 20.4. The molecule has 0 bridgehead atoms. The van der Waals surface area contributed by atoms with Crippen LogP contribution in [0.2, 0.25) is 0 Å². The summed E-state index contributed by atoms with van der Waals surface area (Å²) in [5.74, 6) is 1.45. The van der Waals surface area contributed by atoms with Crippen molar-refractivity contribution in [1.29, 1.82) is 0 Å². The molecule has 136 valence electrons. The summed E-state index contributed by atoms with van der Waals surface area (Å²) in [5.41, 5.74) is 1.77. The van der Waals surface area contributed by atoms with Crippen LogP contribution in [0.15, 0.2) is 24.3 Å². The van der Waals surface area contributed by atoms with Crippen LogP contribution in [0.4, 0.5) is 0 Å². The summed E-state index contributed by atoms with van der Waals surface area (Å²) in [6, 6.07) is 8.70. The van der Waals surface area contributed by atoms with E-state index in [1.807, 2.05) is 0 Å². The number of hydrogen-bond donors (Lipinski definition) is 0. The van der Waals surface area contributed by atoms with Crippen molar-refractivity contribution in [3.63, 3.8) is 0 Å². The second-order valence-electron chi connectivity index (χ2n) is 8.58. The highest BCUT2D eigenvalue weighted by molar-refractivity contribution is 5.33. The van der Waals surface area contributed by atoms with E-state index in [1.54, 1.807) is 7.11 Å². The average molecular weight is 333 g/mol. The molecule has 1 aliphatic rings. The summed E-state index contributed by atoms with van der Waals surface area (Å²) in [4.78, 5) is 0. The highest BCUT2D eigenvalue weighted by Crippen LogP contribution is 2.44. The Morgan fingerprint density at radius 1 is 1.00 bits per heavy atom. The Morgan fingerprint density at radius 2 is 1.58 bits per heavy atom. The Labute approximate surface area is 148 Å². The SMILES string of the molecule is CCC(C)(c1ccc(OC(OC)C2CCCCC2)cc1)C(C)(C)C. The molecule has 1 saturated carbocycles. The second-order valence-corrected chi connectivity index (χ2v) is 8.58. The minimum absolute atomic E-state index is 0.115. The highest BCUT2D eigenvalue weighted by Gasteiger charge is 2.37. The van der Waals surface area contributed by atoms with Crippen molar-refractivity contribution in [2.45, 2.75) is 84.8 Å². The van der Waals surface area contributed by atoms with Gasteiger partial charge in [-0.2, -0.15) is 0 Å². The van der Waals surface area contributed by atoms with Crippen LogP contribution < -0.4 is 4.74 Å². The van der Waals surface area contributed by atoms with Gasteiger partial charge in [-0.3, -0.25) is 0 Å². The lowest BCUT2D eigenvalue weighted by Gasteiger charge is -2.42. The fourth-order valence-electron chi connectivity index (χ4n) is 3.95. The molecule has 0 aliphatic heterocycles. The number of methoxy groups -OCH3 is 1. The Bertz CT molecular complexity index is 494. The smallest absolute Gasteiger partial charge is 0.202 e. The third kappa shape index (κ3) is 4.14. The van der Waals surface area contributed by atoms with Gasteiger partial charge in [0.2, 0.25) is 6.29 Å². The van der Waals surface area contributed by atoms with Crippen LogP contribution in [0.3, 0.4) is 0 Å². The molecule has 2 unspecified atom stereocenters.